The van der Waals surface area contributed by atoms with Crippen LogP contribution in [0.2, 0.25) is 0 Å². The van der Waals surface area contributed by atoms with Crippen molar-refractivity contribution in [2.24, 2.45) is 4.99 Å². The fourth-order valence-corrected chi connectivity index (χ4v) is 4.16. The lowest BCUT2D eigenvalue weighted by Crippen LogP contribution is -2.05. The van der Waals surface area contributed by atoms with Crippen molar-refractivity contribution in [2.75, 3.05) is 0 Å². The lowest BCUT2D eigenvalue weighted by Gasteiger charge is -2.10. The van der Waals surface area contributed by atoms with Gasteiger partial charge in [0.15, 0.2) is 5.70 Å². The molecule has 4 nitrogen and oxygen atoms in total. The number of halogens is 1. The minimum absolute atomic E-state index is 0.243. The minimum atomic E-state index is -0.477. The first-order valence-corrected chi connectivity index (χ1v) is 11.9. The van der Waals surface area contributed by atoms with E-state index in [0.29, 0.717) is 18.3 Å². The van der Waals surface area contributed by atoms with Crippen LogP contribution >= 0.6 is 22.6 Å². The third kappa shape index (κ3) is 4.94. The first-order valence-electron chi connectivity index (χ1n) is 10.8. The van der Waals surface area contributed by atoms with Crippen LogP contribution in [0.25, 0.3) is 17.2 Å². The van der Waals surface area contributed by atoms with E-state index in [-0.39, 0.29) is 5.70 Å². The minimum Gasteiger partial charge on any atom is -0.488 e. The van der Waals surface area contributed by atoms with E-state index in [1.165, 1.54) is 0 Å². The fraction of sp³-hybridized carbons (Fsp3) is 0.0345. The van der Waals surface area contributed by atoms with Crippen LogP contribution < -0.4 is 4.74 Å². The smallest absolute Gasteiger partial charge is 0.363 e. The Morgan fingerprint density at radius 3 is 2.21 bits per heavy atom. The molecule has 0 saturated heterocycles. The molecule has 0 atom stereocenters. The molecule has 4 aromatic rings. The van der Waals surface area contributed by atoms with E-state index < -0.39 is 5.97 Å². The molecule has 1 heterocycles. The van der Waals surface area contributed by atoms with E-state index >= 15 is 0 Å². The topological polar surface area (TPSA) is 47.9 Å². The van der Waals surface area contributed by atoms with Gasteiger partial charge in [-0.15, -0.1) is 0 Å². The summed E-state index contributed by atoms with van der Waals surface area (Å²) in [5.74, 6) is 0.501. The highest BCUT2D eigenvalue weighted by atomic mass is 127. The zero-order valence-electron chi connectivity index (χ0n) is 18.1. The number of ether oxygens (including phenoxy) is 2. The second-order valence-electron chi connectivity index (χ2n) is 7.70. The number of rotatable bonds is 6. The summed E-state index contributed by atoms with van der Waals surface area (Å²) in [4.78, 5) is 17.0. The van der Waals surface area contributed by atoms with Gasteiger partial charge in [0.2, 0.25) is 5.90 Å². The number of cyclic esters (lactones) is 1. The number of para-hydroxylation sites is 1. The van der Waals surface area contributed by atoms with Gasteiger partial charge in [0, 0.05) is 20.3 Å². The molecule has 0 amide bonds. The summed E-state index contributed by atoms with van der Waals surface area (Å²) in [6, 6.07) is 33.6. The first-order chi connectivity index (χ1) is 16.7. The average Bonchev–Trinajstić information content (AvgIpc) is 3.25. The Kier molecular flexibility index (Phi) is 6.53. The molecule has 0 fully saturated rings. The molecule has 34 heavy (non-hydrogen) atoms. The van der Waals surface area contributed by atoms with Crippen molar-refractivity contribution in [3.63, 3.8) is 0 Å². The second-order valence-corrected chi connectivity index (χ2v) is 8.86. The van der Waals surface area contributed by atoms with Crippen LogP contribution in [-0.4, -0.2) is 11.9 Å². The molecule has 0 saturated carbocycles. The SMILES string of the molecule is O=C1OC(c2ccc(-c3ccccc3)cc2)=N/C1=C\c1ccccc1OCc1ccccc1I. The zero-order valence-corrected chi connectivity index (χ0v) is 20.3. The van der Waals surface area contributed by atoms with Crippen LogP contribution in [0.3, 0.4) is 0 Å². The number of hydrogen-bond acceptors (Lipinski definition) is 4. The molecule has 0 N–H and O–H groups in total. The monoisotopic (exact) mass is 557 g/mol. The highest BCUT2D eigenvalue weighted by molar-refractivity contribution is 14.1. The highest BCUT2D eigenvalue weighted by Gasteiger charge is 2.24. The lowest BCUT2D eigenvalue weighted by atomic mass is 10.0. The summed E-state index contributed by atoms with van der Waals surface area (Å²) in [7, 11) is 0. The predicted octanol–water partition coefficient (Wildman–Crippen LogP) is 6.88. The van der Waals surface area contributed by atoms with Crippen LogP contribution in [0.1, 0.15) is 16.7 Å². The number of esters is 1. The Bertz CT molecular complexity index is 1390. The molecule has 1 aliphatic heterocycles. The summed E-state index contributed by atoms with van der Waals surface area (Å²) in [6.07, 6.45) is 1.71. The van der Waals surface area contributed by atoms with Gasteiger partial charge in [0.1, 0.15) is 12.4 Å². The van der Waals surface area contributed by atoms with Gasteiger partial charge in [0.25, 0.3) is 0 Å². The standard InChI is InChI=1S/C29H20INO3/c30-25-12-6-4-11-24(25)19-33-27-13-7-5-10-23(27)18-26-29(32)34-28(31-26)22-16-14-21(15-17-22)20-8-2-1-3-9-20/h1-18H,19H2/b26-18-. The number of benzene rings is 4. The lowest BCUT2D eigenvalue weighted by molar-refractivity contribution is -0.129. The molecular formula is C29H20INO3. The van der Waals surface area contributed by atoms with Gasteiger partial charge in [-0.3, -0.25) is 0 Å². The van der Waals surface area contributed by atoms with Crippen molar-refractivity contribution in [3.05, 3.63) is 129 Å². The van der Waals surface area contributed by atoms with E-state index in [0.717, 1.165) is 31.4 Å². The van der Waals surface area contributed by atoms with Crippen LogP contribution in [-0.2, 0) is 16.1 Å². The molecule has 5 rings (SSSR count). The van der Waals surface area contributed by atoms with Crippen LogP contribution in [0, 0.1) is 3.57 Å². The van der Waals surface area contributed by atoms with Gasteiger partial charge < -0.3 is 9.47 Å². The average molecular weight is 557 g/mol. The number of carbonyl (C=O) groups excluding carboxylic acids is 1. The molecule has 0 radical (unpaired) electrons. The molecular weight excluding hydrogens is 537 g/mol. The molecule has 0 aliphatic carbocycles. The zero-order chi connectivity index (χ0) is 23.3. The molecule has 5 heteroatoms. The molecule has 166 valence electrons. The maximum absolute atomic E-state index is 12.5. The molecule has 0 spiro atoms. The summed E-state index contributed by atoms with van der Waals surface area (Å²) in [6.45, 7) is 0.437. The summed E-state index contributed by atoms with van der Waals surface area (Å²) in [5.41, 5.74) is 5.08. The fourth-order valence-electron chi connectivity index (χ4n) is 3.62. The quantitative estimate of drug-likeness (QED) is 0.148. The van der Waals surface area contributed by atoms with E-state index in [4.69, 9.17) is 9.47 Å². The summed E-state index contributed by atoms with van der Waals surface area (Å²) in [5, 5.41) is 0. The Hall–Kier alpha value is -3.71. The summed E-state index contributed by atoms with van der Waals surface area (Å²) >= 11 is 2.30. The van der Waals surface area contributed by atoms with Crippen molar-refractivity contribution < 1.29 is 14.3 Å². The number of hydrogen-bond donors (Lipinski definition) is 0. The van der Waals surface area contributed by atoms with Crippen LogP contribution in [0.15, 0.2) is 114 Å². The summed E-state index contributed by atoms with van der Waals surface area (Å²) < 4.78 is 12.7. The van der Waals surface area contributed by atoms with Gasteiger partial charge in [-0.25, -0.2) is 9.79 Å². The Labute approximate surface area is 211 Å². The van der Waals surface area contributed by atoms with Crippen LogP contribution in [0.4, 0.5) is 0 Å². The molecule has 4 aromatic carbocycles. The van der Waals surface area contributed by atoms with Gasteiger partial charge in [0.05, 0.1) is 0 Å². The van der Waals surface area contributed by atoms with E-state index in [9.17, 15) is 4.79 Å². The van der Waals surface area contributed by atoms with Crippen molar-refractivity contribution in [1.82, 2.24) is 0 Å². The number of nitrogens with zero attached hydrogens (tertiary/aromatic N) is 1. The molecule has 1 aliphatic rings. The third-order valence-corrected chi connectivity index (χ3v) is 6.46. The van der Waals surface area contributed by atoms with Crippen molar-refractivity contribution >= 4 is 40.5 Å². The normalized spacial score (nSPS) is 14.1. The van der Waals surface area contributed by atoms with Crippen molar-refractivity contribution in [3.8, 4) is 16.9 Å². The predicted molar refractivity (Wildman–Crippen MR) is 142 cm³/mol. The first kappa shape index (κ1) is 22.1. The Balaban J connectivity index is 1.37. The van der Waals surface area contributed by atoms with Crippen molar-refractivity contribution in [2.45, 2.75) is 6.61 Å². The number of carbonyl (C=O) groups is 1. The van der Waals surface area contributed by atoms with Crippen molar-refractivity contribution in [1.29, 1.82) is 0 Å². The maximum atomic E-state index is 12.5. The van der Waals surface area contributed by atoms with E-state index in [2.05, 4.69) is 39.7 Å². The van der Waals surface area contributed by atoms with Gasteiger partial charge >= 0.3 is 5.97 Å². The second kappa shape index (κ2) is 10.1. The van der Waals surface area contributed by atoms with E-state index in [1.54, 1.807) is 6.08 Å². The molecule has 0 aromatic heterocycles. The maximum Gasteiger partial charge on any atom is 0.363 e. The van der Waals surface area contributed by atoms with Gasteiger partial charge in [-0.2, -0.15) is 0 Å². The number of aliphatic imine (C=N–C) groups is 1. The highest BCUT2D eigenvalue weighted by Crippen LogP contribution is 2.27. The van der Waals surface area contributed by atoms with Gasteiger partial charge in [-0.05, 0) is 64.1 Å². The van der Waals surface area contributed by atoms with Crippen LogP contribution in [0.5, 0.6) is 5.75 Å². The Morgan fingerprint density at radius 2 is 1.41 bits per heavy atom. The van der Waals surface area contributed by atoms with Gasteiger partial charge in [-0.1, -0.05) is 78.9 Å². The largest absolute Gasteiger partial charge is 0.488 e. The molecule has 0 bridgehead atoms. The van der Waals surface area contributed by atoms with E-state index in [1.807, 2.05) is 91.0 Å². The third-order valence-electron chi connectivity index (χ3n) is 5.41. The molecule has 0 unspecified atom stereocenters. The Morgan fingerprint density at radius 1 is 0.765 bits per heavy atom.